The summed E-state index contributed by atoms with van der Waals surface area (Å²) in [7, 11) is 5.31. The highest BCUT2D eigenvalue weighted by atomic mass is 16.7. The van der Waals surface area contributed by atoms with Crippen molar-refractivity contribution in [2.45, 2.75) is 44.2 Å². The van der Waals surface area contributed by atoms with Crippen LogP contribution in [0.15, 0.2) is 24.7 Å². The van der Waals surface area contributed by atoms with E-state index in [4.69, 9.17) is 20.3 Å². The molecule has 10 heteroatoms. The monoisotopic (exact) mass is 400 g/mol. The lowest BCUT2D eigenvalue weighted by atomic mass is 9.93. The topological polar surface area (TPSA) is 117 Å². The van der Waals surface area contributed by atoms with E-state index < -0.39 is 6.41 Å². The van der Waals surface area contributed by atoms with Crippen LogP contribution in [0.5, 0.6) is 0 Å². The Labute approximate surface area is 169 Å². The van der Waals surface area contributed by atoms with Gasteiger partial charge in [0.15, 0.2) is 0 Å². The van der Waals surface area contributed by atoms with Gasteiger partial charge in [0.2, 0.25) is 6.41 Å². The minimum absolute atomic E-state index is 0.142. The molecule has 1 aliphatic carbocycles. The Morgan fingerprint density at radius 2 is 2.03 bits per heavy atom. The number of hydrogen-bond donors (Lipinski definition) is 3. The third-order valence-corrected chi connectivity index (χ3v) is 5.37. The molecule has 0 saturated heterocycles. The van der Waals surface area contributed by atoms with Crippen LogP contribution >= 0.6 is 0 Å². The number of pyridine rings is 1. The molecule has 1 unspecified atom stereocenters. The van der Waals surface area contributed by atoms with E-state index in [0.29, 0.717) is 5.82 Å². The predicted octanol–water partition coefficient (Wildman–Crippen LogP) is 1.57. The Hall–Kier alpha value is -2.53. The Morgan fingerprint density at radius 1 is 1.24 bits per heavy atom. The zero-order chi connectivity index (χ0) is 20.4. The number of methoxy groups -OCH3 is 1. The molecule has 1 aliphatic rings. The summed E-state index contributed by atoms with van der Waals surface area (Å²) in [6, 6.07) is 2.19. The van der Waals surface area contributed by atoms with Crippen LogP contribution in [-0.4, -0.2) is 51.2 Å². The summed E-state index contributed by atoms with van der Waals surface area (Å²) in [5.74, 6) is 0.495. The van der Waals surface area contributed by atoms with E-state index in [1.54, 1.807) is 25.0 Å². The molecule has 0 aromatic carbocycles. The van der Waals surface area contributed by atoms with Gasteiger partial charge in [0.05, 0.1) is 23.9 Å². The molecule has 4 N–H and O–H groups in total. The molecule has 10 nitrogen and oxygen atoms in total. The second kappa shape index (κ2) is 8.46. The molecule has 0 spiro atoms. The lowest BCUT2D eigenvalue weighted by molar-refractivity contribution is -0.185. The molecule has 3 aromatic rings. The van der Waals surface area contributed by atoms with Gasteiger partial charge in [-0.2, -0.15) is 10.2 Å². The maximum atomic E-state index is 5.98. The fourth-order valence-corrected chi connectivity index (χ4v) is 3.95. The van der Waals surface area contributed by atoms with Crippen LogP contribution in [0.4, 0.5) is 5.82 Å². The summed E-state index contributed by atoms with van der Waals surface area (Å²) in [6.45, 7) is 0. The van der Waals surface area contributed by atoms with Crippen molar-refractivity contribution in [3.8, 4) is 11.3 Å². The quantitative estimate of drug-likeness (QED) is 0.404. The third-order valence-electron chi connectivity index (χ3n) is 5.37. The van der Waals surface area contributed by atoms with E-state index >= 15 is 0 Å². The molecular weight excluding hydrogens is 372 g/mol. The first kappa shape index (κ1) is 19.8. The van der Waals surface area contributed by atoms with E-state index in [2.05, 4.69) is 25.6 Å². The number of nitrogen functional groups attached to an aromatic ring is 1. The summed E-state index contributed by atoms with van der Waals surface area (Å²) in [4.78, 5) is 4.28. The van der Waals surface area contributed by atoms with Crippen molar-refractivity contribution in [1.29, 1.82) is 0 Å². The third kappa shape index (κ3) is 4.10. The van der Waals surface area contributed by atoms with E-state index in [9.17, 15) is 0 Å². The largest absolute Gasteiger partial charge is 0.384 e. The number of nitrogens with two attached hydrogens (primary N) is 1. The van der Waals surface area contributed by atoms with Crippen molar-refractivity contribution in [2.24, 2.45) is 7.05 Å². The summed E-state index contributed by atoms with van der Waals surface area (Å²) < 4.78 is 15.1. The Kier molecular flexibility index (Phi) is 5.76. The van der Waals surface area contributed by atoms with Crippen LogP contribution in [-0.2, 0) is 16.5 Å². The molecule has 1 saturated carbocycles. The highest BCUT2D eigenvalue weighted by molar-refractivity contribution is 5.93. The van der Waals surface area contributed by atoms with Gasteiger partial charge < -0.3 is 15.2 Å². The summed E-state index contributed by atoms with van der Waals surface area (Å²) >= 11 is 0. The Morgan fingerprint density at radius 3 is 2.69 bits per heavy atom. The minimum Gasteiger partial charge on any atom is -0.384 e. The molecule has 1 fully saturated rings. The highest BCUT2D eigenvalue weighted by Gasteiger charge is 2.27. The van der Waals surface area contributed by atoms with E-state index in [1.165, 1.54) is 0 Å². The molecule has 156 valence electrons. The number of rotatable bonds is 7. The highest BCUT2D eigenvalue weighted by Crippen LogP contribution is 2.36. The van der Waals surface area contributed by atoms with Gasteiger partial charge >= 0.3 is 0 Å². The average molecular weight is 400 g/mol. The van der Waals surface area contributed by atoms with Crippen molar-refractivity contribution < 1.29 is 9.47 Å². The van der Waals surface area contributed by atoms with Gasteiger partial charge in [0, 0.05) is 43.6 Å². The van der Waals surface area contributed by atoms with Crippen LogP contribution in [0.2, 0.25) is 0 Å². The Balaban J connectivity index is 1.56. The van der Waals surface area contributed by atoms with Crippen LogP contribution in [0.3, 0.4) is 0 Å². The fourth-order valence-electron chi connectivity index (χ4n) is 3.95. The number of aromatic nitrogens is 5. The van der Waals surface area contributed by atoms with Gasteiger partial charge in [-0.25, -0.2) is 10.4 Å². The number of nitrogens with zero attached hydrogens (tertiary/aromatic N) is 5. The van der Waals surface area contributed by atoms with Gasteiger partial charge in [-0.15, -0.1) is 0 Å². The van der Waals surface area contributed by atoms with Crippen molar-refractivity contribution in [1.82, 2.24) is 35.4 Å². The normalized spacial score (nSPS) is 20.9. The lowest BCUT2D eigenvalue weighted by Gasteiger charge is -2.31. The molecule has 4 rings (SSSR count). The zero-order valence-electron chi connectivity index (χ0n) is 17.0. The summed E-state index contributed by atoms with van der Waals surface area (Å²) in [5.41, 5.74) is 14.6. The van der Waals surface area contributed by atoms with Crippen LogP contribution < -0.4 is 16.6 Å². The smallest absolute Gasteiger partial charge is 0.228 e. The molecule has 0 amide bonds. The van der Waals surface area contributed by atoms with E-state index in [-0.39, 0.29) is 12.1 Å². The van der Waals surface area contributed by atoms with Gasteiger partial charge in [0.1, 0.15) is 11.5 Å². The predicted molar refractivity (Wildman–Crippen MR) is 110 cm³/mol. The second-order valence-electron chi connectivity index (χ2n) is 7.35. The molecular formula is C19H28N8O2. The van der Waals surface area contributed by atoms with Crippen molar-refractivity contribution in [2.75, 3.05) is 19.9 Å². The van der Waals surface area contributed by atoms with Gasteiger partial charge in [-0.05, 0) is 32.7 Å². The molecule has 3 aromatic heterocycles. The van der Waals surface area contributed by atoms with E-state index in [1.807, 2.05) is 25.5 Å². The number of aryl methyl sites for hydroxylation is 1. The van der Waals surface area contributed by atoms with Crippen LogP contribution in [0.1, 0.15) is 31.7 Å². The number of anilines is 1. The first-order valence-electron chi connectivity index (χ1n) is 9.82. The van der Waals surface area contributed by atoms with E-state index in [0.717, 1.165) is 47.8 Å². The van der Waals surface area contributed by atoms with Crippen molar-refractivity contribution in [3.63, 3.8) is 0 Å². The number of hydrazine groups is 1. The molecule has 3 heterocycles. The first-order chi connectivity index (χ1) is 14.1. The molecule has 0 aliphatic heterocycles. The number of fused-ring (bicyclic) bond motifs is 1. The van der Waals surface area contributed by atoms with Crippen LogP contribution in [0, 0.1) is 0 Å². The minimum atomic E-state index is -0.463. The molecule has 0 bridgehead atoms. The summed E-state index contributed by atoms with van der Waals surface area (Å²) in [5, 5.41) is 10.2. The second-order valence-corrected chi connectivity index (χ2v) is 7.35. The van der Waals surface area contributed by atoms with Crippen molar-refractivity contribution in [3.05, 3.63) is 24.7 Å². The maximum Gasteiger partial charge on any atom is 0.228 e. The zero-order valence-corrected chi connectivity index (χ0v) is 17.0. The summed E-state index contributed by atoms with van der Waals surface area (Å²) in [6.07, 6.45) is 9.06. The first-order valence-corrected chi connectivity index (χ1v) is 9.82. The maximum absolute atomic E-state index is 5.98. The fraction of sp³-hybridized carbons (Fsp3) is 0.526. The van der Waals surface area contributed by atoms with Gasteiger partial charge in [-0.1, -0.05) is 0 Å². The molecule has 1 atom stereocenters. The standard InChI is InChI=1S/C19H28N8O2/c1-21-24-19(28-3)29-14-6-4-13(5-7-14)27-16-8-17(20)22-10-15(16)18(25-27)12-9-23-26(2)11-12/h8-11,13-14,19,21,24H,4-7H2,1-3H3,(H2,20,22)/t13-,14+,19?. The molecule has 0 radical (unpaired) electrons. The molecule has 29 heavy (non-hydrogen) atoms. The van der Waals surface area contributed by atoms with Crippen LogP contribution in [0.25, 0.3) is 22.2 Å². The van der Waals surface area contributed by atoms with Gasteiger partial charge in [0.25, 0.3) is 0 Å². The number of nitrogens with one attached hydrogen (secondary N) is 2. The average Bonchev–Trinajstić information content (AvgIpc) is 3.31. The SMILES string of the molecule is CNNC(OC)O[C@H]1CC[C@@H](n2nc(-c3cnn(C)c3)c3cnc(N)cc32)CC1. The number of hydrogen-bond acceptors (Lipinski definition) is 8. The lowest BCUT2D eigenvalue weighted by Crippen LogP contribution is -2.44. The Bertz CT molecular complexity index is 960. The van der Waals surface area contributed by atoms with Gasteiger partial charge in [-0.3, -0.25) is 14.8 Å². The van der Waals surface area contributed by atoms with Crippen molar-refractivity contribution >= 4 is 16.7 Å². The number of ether oxygens (including phenoxy) is 2.